The number of β-amino-alcohol motifs (C(OH)–C–C–N with tert-alkyl or cyclic N) is 1. The maximum atomic E-state index is 13.4. The fourth-order valence-electron chi connectivity index (χ4n) is 5.99. The summed E-state index contributed by atoms with van der Waals surface area (Å²) in [7, 11) is 0. The summed E-state index contributed by atoms with van der Waals surface area (Å²) in [4.78, 5) is 94.5. The summed E-state index contributed by atoms with van der Waals surface area (Å²) in [5.74, 6) is -5.41. The number of para-hydroxylation sites is 1. The molecule has 0 aliphatic carbocycles. The molecule has 6 amide bonds. The number of amides is 6. The van der Waals surface area contributed by atoms with Crippen molar-refractivity contribution in [3.8, 4) is 0 Å². The van der Waals surface area contributed by atoms with Crippen LogP contribution in [0.4, 0.5) is 0 Å². The molecular formula is C35H52N8O11S. The summed E-state index contributed by atoms with van der Waals surface area (Å²) in [6, 6.07) is -1.65. The number of aldehydes is 1. The van der Waals surface area contributed by atoms with E-state index in [0.29, 0.717) is 6.29 Å². The van der Waals surface area contributed by atoms with Crippen LogP contribution in [0.3, 0.4) is 0 Å². The normalized spacial score (nSPS) is 20.4. The van der Waals surface area contributed by atoms with Gasteiger partial charge in [-0.15, -0.1) is 0 Å². The first kappa shape index (κ1) is 44.8. The number of thiol groups is 1. The zero-order valence-electron chi connectivity index (χ0n) is 31.0. The lowest BCUT2D eigenvalue weighted by Gasteiger charge is -2.30. The molecule has 304 valence electrons. The van der Waals surface area contributed by atoms with Crippen LogP contribution in [0.15, 0.2) is 30.5 Å². The van der Waals surface area contributed by atoms with Gasteiger partial charge in [-0.25, -0.2) is 0 Å². The highest BCUT2D eigenvalue weighted by Gasteiger charge is 2.42. The molecule has 12 N–H and O–H groups in total. The molecule has 2 aromatic rings. The topological polar surface area (TPSA) is 306 Å². The van der Waals surface area contributed by atoms with Gasteiger partial charge in [0.25, 0.3) is 0 Å². The number of hydrogen-bond acceptors (Lipinski definition) is 13. The molecule has 19 nitrogen and oxygen atoms in total. The summed E-state index contributed by atoms with van der Waals surface area (Å²) < 4.78 is 0. The lowest BCUT2D eigenvalue weighted by molar-refractivity contribution is -0.142. The molecular weight excluding hydrogens is 740 g/mol. The second-order valence-electron chi connectivity index (χ2n) is 14.1. The fraction of sp³-hybridized carbons (Fsp3) is 0.571. The van der Waals surface area contributed by atoms with E-state index in [-0.39, 0.29) is 25.1 Å². The van der Waals surface area contributed by atoms with E-state index in [4.69, 9.17) is 5.73 Å². The number of aliphatic hydroxyl groups excluding tert-OH is 3. The average Bonchev–Trinajstić information content (AvgIpc) is 3.74. The third kappa shape index (κ3) is 12.2. The Morgan fingerprint density at radius 2 is 1.65 bits per heavy atom. The van der Waals surface area contributed by atoms with E-state index in [1.54, 1.807) is 6.20 Å². The Morgan fingerprint density at radius 1 is 1.00 bits per heavy atom. The number of aliphatic hydroxyl groups is 4. The smallest absolute Gasteiger partial charge is 0.246 e. The number of aromatic nitrogens is 1. The zero-order chi connectivity index (χ0) is 41.2. The lowest BCUT2D eigenvalue weighted by atomic mass is 9.96. The average molecular weight is 793 g/mol. The Labute approximate surface area is 322 Å². The molecule has 0 spiro atoms. The third-order valence-corrected chi connectivity index (χ3v) is 9.48. The van der Waals surface area contributed by atoms with Crippen molar-refractivity contribution in [1.29, 1.82) is 0 Å². The van der Waals surface area contributed by atoms with Gasteiger partial charge in [0, 0.05) is 42.2 Å². The minimum Gasteiger partial charge on any atom is -0.393 e. The molecule has 1 aliphatic heterocycles. The summed E-state index contributed by atoms with van der Waals surface area (Å²) in [6.07, 6.45) is -0.876. The number of carbonyl (C=O) groups is 7. The van der Waals surface area contributed by atoms with E-state index in [0.717, 1.165) is 21.4 Å². The van der Waals surface area contributed by atoms with Crippen molar-refractivity contribution in [3.63, 3.8) is 0 Å². The van der Waals surface area contributed by atoms with E-state index < -0.39 is 109 Å². The van der Waals surface area contributed by atoms with Crippen LogP contribution in [-0.2, 0) is 40.0 Å². The Bertz CT molecular complexity index is 1700. The van der Waals surface area contributed by atoms with Gasteiger partial charge in [-0.3, -0.25) is 28.8 Å². The molecule has 1 fully saturated rings. The van der Waals surface area contributed by atoms with E-state index in [1.165, 1.54) is 27.7 Å². The van der Waals surface area contributed by atoms with Crippen LogP contribution in [0.5, 0.6) is 0 Å². The maximum Gasteiger partial charge on any atom is 0.246 e. The minimum absolute atomic E-state index is 0.0957. The molecule has 1 aromatic carbocycles. The number of hydrogen-bond donors (Lipinski definition) is 12. The number of rotatable bonds is 19. The monoisotopic (exact) mass is 792 g/mol. The highest BCUT2D eigenvalue weighted by atomic mass is 32.1. The number of aromatic amines is 1. The summed E-state index contributed by atoms with van der Waals surface area (Å²) in [6.45, 7) is 4.11. The molecule has 1 aromatic heterocycles. The van der Waals surface area contributed by atoms with Crippen molar-refractivity contribution in [2.24, 2.45) is 5.73 Å². The van der Waals surface area contributed by atoms with Crippen molar-refractivity contribution in [2.75, 3.05) is 18.9 Å². The van der Waals surface area contributed by atoms with Crippen LogP contribution < -0.4 is 32.3 Å². The van der Waals surface area contributed by atoms with Crippen LogP contribution in [0, 0.1) is 0 Å². The number of benzene rings is 1. The van der Waals surface area contributed by atoms with Gasteiger partial charge in [0.05, 0.1) is 36.5 Å². The molecule has 0 unspecified atom stereocenters. The van der Waals surface area contributed by atoms with Gasteiger partial charge >= 0.3 is 0 Å². The predicted molar refractivity (Wildman–Crippen MR) is 201 cm³/mol. The van der Waals surface area contributed by atoms with Crippen molar-refractivity contribution in [1.82, 2.24) is 36.5 Å². The van der Waals surface area contributed by atoms with E-state index in [1.807, 2.05) is 24.3 Å². The van der Waals surface area contributed by atoms with Crippen molar-refractivity contribution < 1.29 is 54.0 Å². The molecule has 10 atom stereocenters. The molecule has 0 saturated carbocycles. The minimum atomic E-state index is -1.83. The second kappa shape index (κ2) is 19.8. The molecule has 1 saturated heterocycles. The molecule has 2 heterocycles. The fourth-order valence-corrected chi connectivity index (χ4v) is 6.24. The number of likely N-dealkylation sites (tertiary alicyclic amines) is 1. The SMILES string of the molecule is C[C@H](NC(=O)[C@H](C[C@@](C)(O)CO)NC(=O)[C@@H](N)Cc1c[nH]c2ccccc12)C(=O)N[C@@H](C(=O)N[C@@H](CS)C(=O)N1C[C@H](O)C[C@H]1C(=O)N[C@@H](C)C=O)[C@H](C)O. The molecule has 55 heavy (non-hydrogen) atoms. The molecule has 0 radical (unpaired) electrons. The van der Waals surface area contributed by atoms with Crippen molar-refractivity contribution >= 4 is 65.3 Å². The largest absolute Gasteiger partial charge is 0.393 e. The summed E-state index contributed by atoms with van der Waals surface area (Å²) in [5, 5.41) is 53.7. The van der Waals surface area contributed by atoms with E-state index in [2.05, 4.69) is 44.2 Å². The van der Waals surface area contributed by atoms with Crippen LogP contribution >= 0.6 is 12.6 Å². The van der Waals surface area contributed by atoms with Gasteiger partial charge in [-0.1, -0.05) is 18.2 Å². The van der Waals surface area contributed by atoms with Crippen molar-refractivity contribution in [2.45, 2.75) is 107 Å². The number of nitrogens with one attached hydrogen (secondary N) is 6. The Morgan fingerprint density at radius 3 is 2.27 bits per heavy atom. The molecule has 1 aliphatic rings. The zero-order valence-corrected chi connectivity index (χ0v) is 31.9. The van der Waals surface area contributed by atoms with Gasteiger partial charge in [0.1, 0.15) is 36.5 Å². The third-order valence-electron chi connectivity index (χ3n) is 9.12. The van der Waals surface area contributed by atoms with E-state index >= 15 is 0 Å². The number of carbonyl (C=O) groups excluding carboxylic acids is 7. The van der Waals surface area contributed by atoms with Gasteiger partial charge in [-0.2, -0.15) is 12.6 Å². The summed E-state index contributed by atoms with van der Waals surface area (Å²) >= 11 is 4.14. The van der Waals surface area contributed by atoms with Gasteiger partial charge in [0.2, 0.25) is 35.4 Å². The standard InChI is InChI=1S/C35H52N8O11S/c1-17(14-44)38-32(51)27-10-21(47)13-43(27)34(53)26(15-55)41-33(52)28(19(3)46)42-29(48)18(2)39-31(50)25(11-35(4,54)16-45)40-30(49)23(36)9-20-12-37-24-8-6-5-7-22(20)24/h5-8,12,14,17-19,21,23,25-28,37,45-47,54-55H,9-11,13,15-16,36H2,1-4H3,(H,38,51)(H,39,50)(H,40,49)(H,41,52)(H,42,48)/t17-,18-,19-,21+,23-,25-,26-,27-,28+,35+/m0/s1. The Balaban J connectivity index is 1.67. The van der Waals surface area contributed by atoms with Crippen LogP contribution in [0.2, 0.25) is 0 Å². The molecule has 20 heteroatoms. The van der Waals surface area contributed by atoms with Crippen molar-refractivity contribution in [3.05, 3.63) is 36.0 Å². The maximum absolute atomic E-state index is 13.4. The van der Waals surface area contributed by atoms with E-state index in [9.17, 15) is 54.0 Å². The number of H-pyrrole nitrogens is 1. The predicted octanol–water partition coefficient (Wildman–Crippen LogP) is -3.89. The number of fused-ring (bicyclic) bond motifs is 1. The molecule has 3 rings (SSSR count). The lowest BCUT2D eigenvalue weighted by Crippen LogP contribution is -2.61. The van der Waals surface area contributed by atoms with Gasteiger partial charge in [-0.05, 0) is 45.7 Å². The van der Waals surface area contributed by atoms with Crippen LogP contribution in [0.25, 0.3) is 10.9 Å². The Hall–Kier alpha value is -4.60. The molecule has 0 bridgehead atoms. The highest BCUT2D eigenvalue weighted by Crippen LogP contribution is 2.21. The first-order chi connectivity index (χ1) is 25.8. The van der Waals surface area contributed by atoms with Crippen LogP contribution in [0.1, 0.15) is 46.1 Å². The number of nitrogens with two attached hydrogens (primary N) is 1. The van der Waals surface area contributed by atoms with Gasteiger partial charge < -0.3 is 67.4 Å². The highest BCUT2D eigenvalue weighted by molar-refractivity contribution is 7.80. The number of nitrogens with zero attached hydrogens (tertiary/aromatic N) is 1. The summed E-state index contributed by atoms with van der Waals surface area (Å²) in [5.41, 5.74) is 5.95. The second-order valence-corrected chi connectivity index (χ2v) is 14.5. The quantitative estimate of drug-likeness (QED) is 0.0480. The van der Waals surface area contributed by atoms with Gasteiger partial charge in [0.15, 0.2) is 0 Å². The Kier molecular flexibility index (Phi) is 16.1. The first-order valence-corrected chi connectivity index (χ1v) is 18.3. The first-order valence-electron chi connectivity index (χ1n) is 17.7. The van der Waals surface area contributed by atoms with Crippen LogP contribution in [-0.4, -0.2) is 151 Å².